The molecule has 1 aliphatic heterocycles. The Balaban J connectivity index is 1.05. The fourth-order valence-corrected chi connectivity index (χ4v) is 7.78. The zero-order chi connectivity index (χ0) is 33.3. The summed E-state index contributed by atoms with van der Waals surface area (Å²) in [5.74, 6) is 0.372. The van der Waals surface area contributed by atoms with Gasteiger partial charge in [0, 0.05) is 34.4 Å². The molecular formula is C48H38N2. The molecule has 0 saturated heterocycles. The van der Waals surface area contributed by atoms with Crippen LogP contribution in [0.4, 0.5) is 28.4 Å². The van der Waals surface area contributed by atoms with Gasteiger partial charge < -0.3 is 9.80 Å². The van der Waals surface area contributed by atoms with Crippen LogP contribution in [0.1, 0.15) is 29.9 Å². The van der Waals surface area contributed by atoms with E-state index in [0.29, 0.717) is 5.92 Å². The first-order valence-corrected chi connectivity index (χ1v) is 17.7. The lowest BCUT2D eigenvalue weighted by Gasteiger charge is -2.29. The van der Waals surface area contributed by atoms with E-state index in [4.69, 9.17) is 0 Å². The summed E-state index contributed by atoms with van der Waals surface area (Å²) < 4.78 is 0. The summed E-state index contributed by atoms with van der Waals surface area (Å²) >= 11 is 0. The average molecular weight is 643 g/mol. The van der Waals surface area contributed by atoms with Crippen molar-refractivity contribution in [3.05, 3.63) is 205 Å². The second kappa shape index (κ2) is 13.1. The van der Waals surface area contributed by atoms with Gasteiger partial charge in [0.25, 0.3) is 0 Å². The Morgan fingerprint density at radius 1 is 0.500 bits per heavy atom. The van der Waals surface area contributed by atoms with E-state index in [2.05, 4.69) is 204 Å². The largest absolute Gasteiger partial charge is 0.333 e. The van der Waals surface area contributed by atoms with Crippen LogP contribution in [0.25, 0.3) is 27.8 Å². The minimum absolute atomic E-state index is 0.286. The van der Waals surface area contributed by atoms with Gasteiger partial charge in [-0.15, -0.1) is 0 Å². The van der Waals surface area contributed by atoms with Crippen LogP contribution >= 0.6 is 0 Å². The topological polar surface area (TPSA) is 6.48 Å². The second-order valence-corrected chi connectivity index (χ2v) is 13.3. The summed E-state index contributed by atoms with van der Waals surface area (Å²) in [6, 6.07) is 55.7. The van der Waals surface area contributed by atoms with E-state index in [-0.39, 0.29) is 6.04 Å². The van der Waals surface area contributed by atoms with Crippen molar-refractivity contribution >= 4 is 34.0 Å². The molecule has 0 amide bonds. The number of para-hydroxylation sites is 1. The predicted molar refractivity (Wildman–Crippen MR) is 212 cm³/mol. The normalized spacial score (nSPS) is 17.3. The lowest BCUT2D eigenvalue weighted by Crippen LogP contribution is -2.28. The van der Waals surface area contributed by atoms with E-state index in [1.165, 1.54) is 50.3 Å². The fourth-order valence-electron chi connectivity index (χ4n) is 7.78. The summed E-state index contributed by atoms with van der Waals surface area (Å²) in [5, 5.41) is 0. The Kier molecular flexibility index (Phi) is 7.83. The van der Waals surface area contributed by atoms with Crippen molar-refractivity contribution in [1.29, 1.82) is 0 Å². The molecule has 3 aliphatic rings. The lowest BCUT2D eigenvalue weighted by molar-refractivity contribution is 0.745. The summed E-state index contributed by atoms with van der Waals surface area (Å²) in [6.07, 6.45) is 17.9. The average Bonchev–Trinajstić information content (AvgIpc) is 3.54. The monoisotopic (exact) mass is 642 g/mol. The molecule has 2 unspecified atom stereocenters. The van der Waals surface area contributed by atoms with Gasteiger partial charge >= 0.3 is 0 Å². The molecule has 240 valence electrons. The summed E-state index contributed by atoms with van der Waals surface area (Å²) in [6.45, 7) is 0. The number of hydrogen-bond donors (Lipinski definition) is 0. The van der Waals surface area contributed by atoms with Crippen molar-refractivity contribution in [2.45, 2.75) is 24.8 Å². The zero-order valence-electron chi connectivity index (χ0n) is 27.9. The van der Waals surface area contributed by atoms with Gasteiger partial charge in [0.15, 0.2) is 0 Å². The first-order valence-electron chi connectivity index (χ1n) is 17.7. The van der Waals surface area contributed by atoms with Crippen LogP contribution in [0.3, 0.4) is 0 Å². The number of benzene rings is 6. The summed E-state index contributed by atoms with van der Waals surface area (Å²) in [5.41, 5.74) is 14.8. The van der Waals surface area contributed by atoms with Gasteiger partial charge in [-0.2, -0.15) is 0 Å². The summed E-state index contributed by atoms with van der Waals surface area (Å²) in [4.78, 5) is 4.86. The molecule has 6 aromatic rings. The van der Waals surface area contributed by atoms with Crippen LogP contribution in [0.5, 0.6) is 0 Å². The first kappa shape index (κ1) is 30.0. The molecule has 2 atom stereocenters. The third kappa shape index (κ3) is 5.59. The highest BCUT2D eigenvalue weighted by atomic mass is 15.2. The SMILES string of the molecule is C1=CCCC(c2ccc(N(c3ccc(-c4ccccc4)cc3)c3ccc(-c4cccc(N5c6ccccc6C6C=CC=CC65)c4)cc3)cc2)=C1. The van der Waals surface area contributed by atoms with Crippen molar-refractivity contribution in [2.75, 3.05) is 9.80 Å². The third-order valence-corrected chi connectivity index (χ3v) is 10.3. The highest BCUT2D eigenvalue weighted by Gasteiger charge is 2.37. The molecule has 2 heteroatoms. The summed E-state index contributed by atoms with van der Waals surface area (Å²) in [7, 11) is 0. The van der Waals surface area contributed by atoms with Gasteiger partial charge in [0.1, 0.15) is 0 Å². The fraction of sp³-hybridized carbons (Fsp3) is 0.0833. The van der Waals surface area contributed by atoms with Crippen molar-refractivity contribution in [3.63, 3.8) is 0 Å². The van der Waals surface area contributed by atoms with Gasteiger partial charge in [-0.1, -0.05) is 140 Å². The van der Waals surface area contributed by atoms with Crippen molar-refractivity contribution in [2.24, 2.45) is 0 Å². The number of hydrogen-bond acceptors (Lipinski definition) is 2. The Bertz CT molecular complexity index is 2260. The Morgan fingerprint density at radius 2 is 1.10 bits per heavy atom. The van der Waals surface area contributed by atoms with Gasteiger partial charge in [0.05, 0.1) is 6.04 Å². The molecule has 50 heavy (non-hydrogen) atoms. The number of fused-ring (bicyclic) bond motifs is 3. The maximum Gasteiger partial charge on any atom is 0.0629 e. The highest BCUT2D eigenvalue weighted by Crippen LogP contribution is 2.48. The van der Waals surface area contributed by atoms with E-state index in [1.54, 1.807) is 0 Å². The highest BCUT2D eigenvalue weighted by molar-refractivity contribution is 5.82. The molecule has 0 radical (unpaired) electrons. The van der Waals surface area contributed by atoms with Gasteiger partial charge in [-0.25, -0.2) is 0 Å². The number of allylic oxidation sites excluding steroid dienone is 6. The van der Waals surface area contributed by atoms with E-state index >= 15 is 0 Å². The molecule has 0 bridgehead atoms. The molecule has 2 nitrogen and oxygen atoms in total. The van der Waals surface area contributed by atoms with Gasteiger partial charge in [-0.3, -0.25) is 0 Å². The molecule has 6 aromatic carbocycles. The Morgan fingerprint density at radius 3 is 1.80 bits per heavy atom. The van der Waals surface area contributed by atoms with E-state index in [1.807, 2.05) is 0 Å². The molecular weight excluding hydrogens is 605 g/mol. The minimum atomic E-state index is 0.286. The predicted octanol–water partition coefficient (Wildman–Crippen LogP) is 13.0. The molecule has 0 spiro atoms. The Labute approximate surface area is 295 Å². The minimum Gasteiger partial charge on any atom is -0.333 e. The molecule has 0 saturated carbocycles. The zero-order valence-corrected chi connectivity index (χ0v) is 27.9. The van der Waals surface area contributed by atoms with E-state index < -0.39 is 0 Å². The van der Waals surface area contributed by atoms with E-state index in [9.17, 15) is 0 Å². The van der Waals surface area contributed by atoms with Crippen LogP contribution in [0, 0.1) is 0 Å². The van der Waals surface area contributed by atoms with Crippen molar-refractivity contribution < 1.29 is 0 Å². The first-order chi connectivity index (χ1) is 24.8. The molecule has 0 fully saturated rings. The van der Waals surface area contributed by atoms with Crippen molar-refractivity contribution in [1.82, 2.24) is 0 Å². The Hall–Kier alpha value is -6.12. The lowest BCUT2D eigenvalue weighted by atomic mass is 9.91. The maximum absolute atomic E-state index is 2.50. The smallest absolute Gasteiger partial charge is 0.0629 e. The quantitative estimate of drug-likeness (QED) is 0.171. The van der Waals surface area contributed by atoms with Crippen LogP contribution < -0.4 is 9.80 Å². The van der Waals surface area contributed by atoms with E-state index in [0.717, 1.165) is 29.9 Å². The van der Waals surface area contributed by atoms with Crippen LogP contribution in [-0.2, 0) is 0 Å². The maximum atomic E-state index is 2.50. The number of nitrogens with zero attached hydrogens (tertiary/aromatic N) is 2. The molecule has 9 rings (SSSR count). The second-order valence-electron chi connectivity index (χ2n) is 13.3. The molecule has 0 aromatic heterocycles. The molecule has 2 aliphatic carbocycles. The van der Waals surface area contributed by atoms with Gasteiger partial charge in [-0.05, 0) is 106 Å². The van der Waals surface area contributed by atoms with Crippen LogP contribution in [0.15, 0.2) is 194 Å². The van der Waals surface area contributed by atoms with Crippen molar-refractivity contribution in [3.8, 4) is 22.3 Å². The van der Waals surface area contributed by atoms with Crippen LogP contribution in [0.2, 0.25) is 0 Å². The molecule has 0 N–H and O–H groups in total. The standard InChI is InChI=1S/C48H38N2/c1-3-12-35(13-4-1)37-22-28-41(29-23-37)49(42-30-24-38(25-31-42)36-14-5-2-6-15-36)43-32-26-39(27-33-43)40-16-11-17-44(34-40)50-47-20-9-7-18-45(47)46-19-8-10-21-48(46)50/h1-5,7-14,16-34,45,47H,6,15H2. The van der Waals surface area contributed by atoms with Crippen LogP contribution in [-0.4, -0.2) is 6.04 Å². The third-order valence-electron chi connectivity index (χ3n) is 10.3. The number of anilines is 5. The van der Waals surface area contributed by atoms with Gasteiger partial charge in [0.2, 0.25) is 0 Å². The number of rotatable bonds is 7. The molecule has 1 heterocycles.